The van der Waals surface area contributed by atoms with Gasteiger partial charge in [0.25, 0.3) is 11.8 Å². The first-order chi connectivity index (χ1) is 15.2. The van der Waals surface area contributed by atoms with E-state index in [0.29, 0.717) is 16.1 Å². The Bertz CT molecular complexity index is 1260. The summed E-state index contributed by atoms with van der Waals surface area (Å²) in [6.07, 6.45) is 0.219. The van der Waals surface area contributed by atoms with E-state index in [2.05, 4.69) is 17.2 Å². The van der Waals surface area contributed by atoms with Crippen LogP contribution in [0, 0.1) is 5.82 Å². The van der Waals surface area contributed by atoms with E-state index in [1.807, 2.05) is 0 Å². The number of halogens is 3. The number of ether oxygens (including phenoxy) is 1. The molecule has 2 N–H and O–H groups in total. The average Bonchev–Trinajstić information content (AvgIpc) is 2.74. The third-order valence-corrected chi connectivity index (χ3v) is 4.76. The van der Waals surface area contributed by atoms with Crippen molar-refractivity contribution in [1.82, 2.24) is 10.6 Å². The summed E-state index contributed by atoms with van der Waals surface area (Å²) >= 11 is 11.5. The molecule has 0 unspecified atom stereocenters. The maximum absolute atomic E-state index is 13.4. The number of carbonyl (C=O) groups is 2. The van der Waals surface area contributed by atoms with Crippen LogP contribution in [0.25, 0.3) is 11.0 Å². The molecule has 32 heavy (non-hydrogen) atoms. The molecule has 0 saturated heterocycles. The topological polar surface area (TPSA) is 97.6 Å². The molecule has 166 valence electrons. The van der Waals surface area contributed by atoms with Crippen LogP contribution in [0.5, 0.6) is 5.75 Å². The van der Waals surface area contributed by atoms with Crippen LogP contribution in [0.1, 0.15) is 17.0 Å². The molecule has 0 aliphatic rings. The quantitative estimate of drug-likeness (QED) is 0.508. The molecular weight excluding hydrogens is 462 g/mol. The average molecular weight is 479 g/mol. The molecule has 10 heteroatoms. The Morgan fingerprint density at radius 1 is 1.12 bits per heavy atom. The van der Waals surface area contributed by atoms with Crippen molar-refractivity contribution in [3.8, 4) is 5.75 Å². The van der Waals surface area contributed by atoms with E-state index >= 15 is 0 Å². The van der Waals surface area contributed by atoms with E-state index in [1.165, 1.54) is 24.3 Å². The highest BCUT2D eigenvalue weighted by molar-refractivity contribution is 6.31. The molecule has 0 aliphatic carbocycles. The normalized spacial score (nSPS) is 10.6. The van der Waals surface area contributed by atoms with Crippen molar-refractivity contribution >= 4 is 46.0 Å². The SMILES string of the molecule is C=C(CCNC(=O)COc1ccc(Cl)c(F)c1)NC(=O)c1cc(=O)c2ccc(Cl)cc2o1. The first-order valence-electron chi connectivity index (χ1n) is 9.30. The molecule has 1 heterocycles. The number of benzene rings is 2. The van der Waals surface area contributed by atoms with Crippen LogP contribution in [0.15, 0.2) is 64.0 Å². The summed E-state index contributed by atoms with van der Waals surface area (Å²) in [4.78, 5) is 36.4. The Balaban J connectivity index is 1.46. The zero-order chi connectivity index (χ0) is 23.3. The number of fused-ring (bicyclic) bond motifs is 1. The second-order valence-electron chi connectivity index (χ2n) is 6.64. The summed E-state index contributed by atoms with van der Waals surface area (Å²) in [6.45, 7) is 3.55. The molecule has 3 aromatic rings. The van der Waals surface area contributed by atoms with Gasteiger partial charge in [-0.05, 0) is 24.3 Å². The van der Waals surface area contributed by atoms with Crippen LogP contribution in [-0.2, 0) is 4.79 Å². The fourth-order valence-corrected chi connectivity index (χ4v) is 2.92. The Kier molecular flexibility index (Phi) is 7.50. The van der Waals surface area contributed by atoms with E-state index in [4.69, 9.17) is 32.4 Å². The van der Waals surface area contributed by atoms with Crippen LogP contribution in [-0.4, -0.2) is 25.0 Å². The van der Waals surface area contributed by atoms with Crippen molar-refractivity contribution < 1.29 is 23.1 Å². The van der Waals surface area contributed by atoms with Gasteiger partial charge in [-0.1, -0.05) is 29.8 Å². The minimum absolute atomic E-state index is 0.0471. The third-order valence-electron chi connectivity index (χ3n) is 4.22. The van der Waals surface area contributed by atoms with Gasteiger partial charge in [0, 0.05) is 41.9 Å². The third kappa shape index (κ3) is 6.09. The summed E-state index contributed by atoms with van der Waals surface area (Å²) in [5, 5.41) is 5.71. The zero-order valence-electron chi connectivity index (χ0n) is 16.5. The highest BCUT2D eigenvalue weighted by Crippen LogP contribution is 2.20. The van der Waals surface area contributed by atoms with E-state index in [9.17, 15) is 18.8 Å². The van der Waals surface area contributed by atoms with Crippen LogP contribution in [0.3, 0.4) is 0 Å². The summed E-state index contributed by atoms with van der Waals surface area (Å²) in [6, 6.07) is 9.43. The Labute approximate surface area is 191 Å². The van der Waals surface area contributed by atoms with Crippen LogP contribution >= 0.6 is 23.2 Å². The van der Waals surface area contributed by atoms with Crippen LogP contribution < -0.4 is 20.8 Å². The molecule has 0 fully saturated rings. The summed E-state index contributed by atoms with van der Waals surface area (Å²) in [5.74, 6) is -1.79. The van der Waals surface area contributed by atoms with E-state index in [-0.39, 0.29) is 47.1 Å². The number of hydrogen-bond donors (Lipinski definition) is 2. The molecule has 3 rings (SSSR count). The number of hydrogen-bond acceptors (Lipinski definition) is 5. The number of amides is 2. The predicted molar refractivity (Wildman–Crippen MR) is 119 cm³/mol. The molecule has 0 bridgehead atoms. The standard InChI is InChI=1S/C22H17Cl2FN2O5/c1-12(6-7-26-21(29)11-31-14-3-5-16(24)17(25)9-14)27-22(30)20-10-18(28)15-4-2-13(23)8-19(15)32-20/h2-5,8-10H,1,6-7,11H2,(H,26,29)(H,27,30). The summed E-state index contributed by atoms with van der Waals surface area (Å²) in [7, 11) is 0. The lowest BCUT2D eigenvalue weighted by molar-refractivity contribution is -0.123. The molecule has 0 radical (unpaired) electrons. The first kappa shape index (κ1) is 23.3. The van der Waals surface area contributed by atoms with Gasteiger partial charge in [-0.15, -0.1) is 0 Å². The number of rotatable bonds is 8. The van der Waals surface area contributed by atoms with Gasteiger partial charge >= 0.3 is 0 Å². The highest BCUT2D eigenvalue weighted by Gasteiger charge is 2.14. The highest BCUT2D eigenvalue weighted by atomic mass is 35.5. The minimum atomic E-state index is -0.659. The second kappa shape index (κ2) is 10.3. The van der Waals surface area contributed by atoms with E-state index in [0.717, 1.165) is 12.1 Å². The second-order valence-corrected chi connectivity index (χ2v) is 7.48. The van der Waals surface area contributed by atoms with E-state index in [1.54, 1.807) is 6.07 Å². The Morgan fingerprint density at radius 2 is 1.91 bits per heavy atom. The van der Waals surface area contributed by atoms with Gasteiger partial charge in [-0.25, -0.2) is 4.39 Å². The summed E-state index contributed by atoms with van der Waals surface area (Å²) < 4.78 is 24.0. The van der Waals surface area contributed by atoms with Crippen molar-refractivity contribution in [3.63, 3.8) is 0 Å². The van der Waals surface area contributed by atoms with Gasteiger partial charge < -0.3 is 19.8 Å². The van der Waals surface area contributed by atoms with Crippen LogP contribution in [0.4, 0.5) is 4.39 Å². The molecule has 2 aromatic carbocycles. The first-order valence-corrected chi connectivity index (χ1v) is 10.1. The molecule has 7 nitrogen and oxygen atoms in total. The lowest BCUT2D eigenvalue weighted by Crippen LogP contribution is -2.31. The van der Waals surface area contributed by atoms with Gasteiger partial charge in [0.1, 0.15) is 17.1 Å². The molecular formula is C22H17Cl2FN2O5. The molecule has 0 aliphatic heterocycles. The maximum atomic E-state index is 13.4. The number of nitrogens with one attached hydrogen (secondary N) is 2. The molecule has 0 spiro atoms. The van der Waals surface area contributed by atoms with Gasteiger partial charge in [0.15, 0.2) is 17.8 Å². The largest absolute Gasteiger partial charge is 0.484 e. The van der Waals surface area contributed by atoms with Gasteiger partial charge in [-0.3, -0.25) is 14.4 Å². The molecule has 1 aromatic heterocycles. The van der Waals surface area contributed by atoms with Gasteiger partial charge in [0.05, 0.1) is 10.4 Å². The molecule has 0 atom stereocenters. The van der Waals surface area contributed by atoms with Crippen molar-refractivity contribution in [1.29, 1.82) is 0 Å². The van der Waals surface area contributed by atoms with Crippen molar-refractivity contribution in [2.24, 2.45) is 0 Å². The van der Waals surface area contributed by atoms with Crippen molar-refractivity contribution in [3.05, 3.63) is 86.6 Å². The van der Waals surface area contributed by atoms with Crippen molar-refractivity contribution in [2.75, 3.05) is 13.2 Å². The molecule has 2 amide bonds. The smallest absolute Gasteiger partial charge is 0.291 e. The monoisotopic (exact) mass is 478 g/mol. The fourth-order valence-electron chi connectivity index (χ4n) is 2.64. The van der Waals surface area contributed by atoms with Gasteiger partial charge in [-0.2, -0.15) is 0 Å². The maximum Gasteiger partial charge on any atom is 0.291 e. The lowest BCUT2D eigenvalue weighted by atomic mass is 10.2. The Hall–Kier alpha value is -3.36. The minimum Gasteiger partial charge on any atom is -0.484 e. The van der Waals surface area contributed by atoms with Crippen LogP contribution in [0.2, 0.25) is 10.0 Å². The van der Waals surface area contributed by atoms with Crippen molar-refractivity contribution in [2.45, 2.75) is 6.42 Å². The summed E-state index contributed by atoms with van der Waals surface area (Å²) in [5.41, 5.74) is 0.102. The van der Waals surface area contributed by atoms with Gasteiger partial charge in [0.2, 0.25) is 0 Å². The lowest BCUT2D eigenvalue weighted by Gasteiger charge is -2.10. The predicted octanol–water partition coefficient (Wildman–Crippen LogP) is 4.07. The Morgan fingerprint density at radius 3 is 2.66 bits per heavy atom. The fraction of sp³-hybridized carbons (Fsp3) is 0.136. The number of carbonyl (C=O) groups excluding carboxylic acids is 2. The molecule has 0 saturated carbocycles. The zero-order valence-corrected chi connectivity index (χ0v) is 18.1. The van der Waals surface area contributed by atoms with E-state index < -0.39 is 17.6 Å².